The number of aromatic nitrogens is 1. The lowest BCUT2D eigenvalue weighted by Gasteiger charge is -2.22. The minimum atomic E-state index is -1.97. The summed E-state index contributed by atoms with van der Waals surface area (Å²) in [5, 5.41) is 0. The van der Waals surface area contributed by atoms with Gasteiger partial charge in [-0.3, -0.25) is 0 Å². The van der Waals surface area contributed by atoms with Crippen molar-refractivity contribution in [3.05, 3.63) is 100 Å². The van der Waals surface area contributed by atoms with Gasteiger partial charge in [-0.25, -0.2) is 24.2 Å². The molecule has 0 atom stereocenters. The highest BCUT2D eigenvalue weighted by Crippen LogP contribution is 2.43. The zero-order chi connectivity index (χ0) is 49.7. The predicted molar refractivity (Wildman–Crippen MR) is 236 cm³/mol. The van der Waals surface area contributed by atoms with Crippen LogP contribution in [-0.4, -0.2) is 114 Å². The first-order valence-electron chi connectivity index (χ1n) is 19.8. The number of carbonyl (C=O) groups is 4. The summed E-state index contributed by atoms with van der Waals surface area (Å²) in [6.45, 7) is 0. The van der Waals surface area contributed by atoms with Gasteiger partial charge in [-0.05, 0) is 60.7 Å². The van der Waals surface area contributed by atoms with Gasteiger partial charge in [0.25, 0.3) is 12.6 Å². The van der Waals surface area contributed by atoms with Crippen molar-refractivity contribution in [2.45, 2.75) is 12.6 Å². The van der Waals surface area contributed by atoms with E-state index in [0.29, 0.717) is 0 Å². The molecule has 5 aromatic rings. The van der Waals surface area contributed by atoms with Crippen molar-refractivity contribution in [3.8, 4) is 69.0 Å². The summed E-state index contributed by atoms with van der Waals surface area (Å²) in [7, 11) is 16.3. The van der Waals surface area contributed by atoms with Crippen LogP contribution in [0, 0.1) is 0 Å². The summed E-state index contributed by atoms with van der Waals surface area (Å²) in [5.74, 6) is -2.65. The predicted octanol–water partition coefficient (Wildman–Crippen LogP) is 6.61. The van der Waals surface area contributed by atoms with Gasteiger partial charge in [0.2, 0.25) is 23.0 Å². The van der Waals surface area contributed by atoms with Crippen LogP contribution in [0.5, 0.6) is 69.0 Å². The van der Waals surface area contributed by atoms with Crippen LogP contribution < -0.4 is 56.8 Å². The Labute approximate surface area is 390 Å². The Morgan fingerprint density at radius 3 is 0.676 bits per heavy atom. The molecule has 0 bridgehead atoms. The van der Waals surface area contributed by atoms with Crippen molar-refractivity contribution in [1.29, 1.82) is 0 Å². The minimum Gasteiger partial charge on any atom is -0.493 e. The second-order valence-electron chi connectivity index (χ2n) is 13.4. The van der Waals surface area contributed by atoms with Gasteiger partial charge in [-0.2, -0.15) is 0 Å². The third-order valence-corrected chi connectivity index (χ3v) is 9.73. The number of rotatable bonds is 22. The van der Waals surface area contributed by atoms with E-state index in [0.717, 1.165) is 0 Å². The Bertz CT molecular complexity index is 2200. The minimum absolute atomic E-state index is 0.107. The molecule has 0 radical (unpaired) electrons. The third-order valence-electron chi connectivity index (χ3n) is 9.73. The van der Waals surface area contributed by atoms with Crippen LogP contribution in [0.15, 0.2) is 66.7 Å². The Kier molecular flexibility index (Phi) is 17.2. The lowest BCUT2D eigenvalue weighted by Crippen LogP contribution is -2.22. The van der Waals surface area contributed by atoms with Crippen molar-refractivity contribution in [1.82, 2.24) is 4.98 Å². The summed E-state index contributed by atoms with van der Waals surface area (Å²) >= 11 is 0. The second-order valence-corrected chi connectivity index (χ2v) is 13.4. The molecule has 0 saturated heterocycles. The molecule has 21 nitrogen and oxygen atoms in total. The molecule has 0 saturated carbocycles. The number of nitrogens with zero attached hydrogens (tertiary/aromatic N) is 1. The fraction of sp³-hybridized carbons (Fsp3) is 0.298. The lowest BCUT2D eigenvalue weighted by atomic mass is 10.1. The molecule has 0 spiro atoms. The molecule has 0 unspecified atom stereocenters. The maximum atomic E-state index is 14.0. The van der Waals surface area contributed by atoms with E-state index in [-0.39, 0.29) is 103 Å². The summed E-state index contributed by atoms with van der Waals surface area (Å²) in [4.78, 5) is 60.7. The number of ether oxygens (including phenoxy) is 16. The van der Waals surface area contributed by atoms with Crippen LogP contribution in [0.2, 0.25) is 0 Å². The normalized spacial score (nSPS) is 10.6. The number of hydrogen-bond acceptors (Lipinski definition) is 21. The van der Waals surface area contributed by atoms with Crippen LogP contribution in [0.3, 0.4) is 0 Å². The van der Waals surface area contributed by atoms with E-state index in [1.807, 2.05) is 0 Å². The number of hydrogen-bond donors (Lipinski definition) is 0. The van der Waals surface area contributed by atoms with Crippen LogP contribution >= 0.6 is 0 Å². The fourth-order valence-electron chi connectivity index (χ4n) is 6.48. The summed E-state index contributed by atoms with van der Waals surface area (Å²) < 4.78 is 88.3. The highest BCUT2D eigenvalue weighted by molar-refractivity contribution is 5.94. The topological polar surface area (TPSA) is 229 Å². The zero-order valence-corrected chi connectivity index (χ0v) is 39.1. The van der Waals surface area contributed by atoms with E-state index >= 15 is 0 Å². The monoisotopic (exact) mass is 947 g/mol. The van der Waals surface area contributed by atoms with Crippen LogP contribution in [0.1, 0.15) is 65.4 Å². The molecule has 0 fully saturated rings. The molecule has 0 aliphatic rings. The van der Waals surface area contributed by atoms with E-state index < -0.39 is 36.5 Å². The number of carbonyl (C=O) groups excluding carboxylic acids is 4. The molecule has 5 rings (SSSR count). The molecular formula is C47H49NO20. The Morgan fingerprint density at radius 1 is 0.324 bits per heavy atom. The average Bonchev–Trinajstić information content (AvgIpc) is 3.37. The molecule has 0 aliphatic heterocycles. The van der Waals surface area contributed by atoms with E-state index in [1.165, 1.54) is 152 Å². The highest BCUT2D eigenvalue weighted by atomic mass is 16.7. The van der Waals surface area contributed by atoms with Crippen LogP contribution in [0.4, 0.5) is 0 Å². The Balaban J connectivity index is 1.65. The van der Waals surface area contributed by atoms with Crippen molar-refractivity contribution < 1.29 is 95.0 Å². The molecule has 68 heavy (non-hydrogen) atoms. The molecule has 21 heteroatoms. The van der Waals surface area contributed by atoms with Gasteiger partial charge in [-0.15, -0.1) is 0 Å². The van der Waals surface area contributed by atoms with E-state index in [2.05, 4.69) is 4.98 Å². The van der Waals surface area contributed by atoms with Crippen molar-refractivity contribution in [3.63, 3.8) is 0 Å². The van der Waals surface area contributed by atoms with Gasteiger partial charge in [0, 0.05) is 0 Å². The first-order valence-corrected chi connectivity index (χ1v) is 19.8. The molecule has 0 aliphatic carbocycles. The smallest absolute Gasteiger partial charge is 0.341 e. The average molecular weight is 948 g/mol. The number of benzene rings is 4. The van der Waals surface area contributed by atoms with Gasteiger partial charge >= 0.3 is 23.9 Å². The van der Waals surface area contributed by atoms with Gasteiger partial charge in [0.15, 0.2) is 46.0 Å². The largest absolute Gasteiger partial charge is 0.493 e. The highest BCUT2D eigenvalue weighted by Gasteiger charge is 2.32. The number of methoxy groups -OCH3 is 12. The van der Waals surface area contributed by atoms with Crippen molar-refractivity contribution in [2.24, 2.45) is 0 Å². The lowest BCUT2D eigenvalue weighted by molar-refractivity contribution is -0.0890. The fourth-order valence-corrected chi connectivity index (χ4v) is 6.48. The molecule has 0 amide bonds. The van der Waals surface area contributed by atoms with E-state index in [4.69, 9.17) is 75.8 Å². The SMILES string of the molecule is COc1cc(C(=O)OC(OC(=O)c2cc(OC)c(OC)c(OC)c2)c2cccc(C(OC(=O)c3cc(OC)c(OC)c(OC)c3)OC(=O)c3cc(OC)c(OC)c(OC)c3)n2)cc(OC)c1OC. The van der Waals surface area contributed by atoms with Crippen molar-refractivity contribution in [2.75, 3.05) is 85.3 Å². The van der Waals surface area contributed by atoms with Crippen LogP contribution in [-0.2, 0) is 18.9 Å². The van der Waals surface area contributed by atoms with E-state index in [9.17, 15) is 19.2 Å². The second kappa shape index (κ2) is 23.1. The summed E-state index contributed by atoms with van der Waals surface area (Å²) in [6, 6.07) is 14.5. The summed E-state index contributed by atoms with van der Waals surface area (Å²) in [5.41, 5.74) is -1.02. The molecule has 1 heterocycles. The molecule has 0 N–H and O–H groups in total. The maximum Gasteiger partial charge on any atom is 0.341 e. The van der Waals surface area contributed by atoms with Gasteiger partial charge in [0.05, 0.1) is 108 Å². The number of pyridine rings is 1. The summed E-state index contributed by atoms with van der Waals surface area (Å²) in [6.07, 6.45) is -3.93. The molecule has 362 valence electrons. The van der Waals surface area contributed by atoms with Gasteiger partial charge in [-0.1, -0.05) is 6.07 Å². The maximum absolute atomic E-state index is 14.0. The quantitative estimate of drug-likeness (QED) is 0.0525. The number of esters is 4. The van der Waals surface area contributed by atoms with Crippen molar-refractivity contribution >= 4 is 23.9 Å². The van der Waals surface area contributed by atoms with Gasteiger partial charge < -0.3 is 75.8 Å². The molecule has 4 aromatic carbocycles. The van der Waals surface area contributed by atoms with Crippen LogP contribution in [0.25, 0.3) is 0 Å². The Morgan fingerprint density at radius 2 is 0.515 bits per heavy atom. The van der Waals surface area contributed by atoms with E-state index in [1.54, 1.807) is 0 Å². The zero-order valence-electron chi connectivity index (χ0n) is 39.1. The molecular weight excluding hydrogens is 899 g/mol. The Hall–Kier alpha value is -8.49. The van der Waals surface area contributed by atoms with Gasteiger partial charge in [0.1, 0.15) is 11.4 Å². The molecule has 1 aromatic heterocycles. The first-order chi connectivity index (χ1) is 32.8. The standard InChI is InChI=1S/C47H49NO20/c1-53-30-16-24(17-31(54-2)38(30)61-9)42(49)65-46(66-43(50)25-18-32(55-3)39(62-10)33(19-25)56-4)28-14-13-15-29(48-28)47(67-44(51)26-20-34(57-5)40(63-11)35(21-26)58-6)68-45(52)27-22-36(59-7)41(64-12)37(23-27)60-8/h13-23,46-47H,1-12H3. The first kappa shape index (κ1) is 50.5. The third kappa shape index (κ3) is 10.9.